The molecule has 0 N–H and O–H groups in total. The molecule has 0 aromatic carbocycles. The van der Waals surface area contributed by atoms with Crippen molar-refractivity contribution in [2.24, 2.45) is 11.8 Å². The lowest BCUT2D eigenvalue weighted by molar-refractivity contribution is 0.220. The van der Waals surface area contributed by atoms with Crippen LogP contribution in [0.1, 0.15) is 6.42 Å². The van der Waals surface area contributed by atoms with Gasteiger partial charge in [0.2, 0.25) is 5.13 Å². The van der Waals surface area contributed by atoms with Gasteiger partial charge in [-0.3, -0.25) is 0 Å². The molecule has 112 valence electrons. The van der Waals surface area contributed by atoms with E-state index in [4.69, 9.17) is 0 Å². The lowest BCUT2D eigenvalue weighted by atomic mass is 9.90. The van der Waals surface area contributed by atoms with Crippen molar-refractivity contribution in [3.63, 3.8) is 0 Å². The molecule has 2 aliphatic rings. The van der Waals surface area contributed by atoms with Crippen LogP contribution in [0.15, 0.2) is 5.51 Å². The van der Waals surface area contributed by atoms with Crippen molar-refractivity contribution in [1.82, 2.24) is 18.8 Å². The first-order valence-corrected chi connectivity index (χ1v) is 8.95. The fourth-order valence-electron chi connectivity index (χ4n) is 3.04. The molecule has 0 unspecified atom stereocenters. The number of rotatable bonds is 3. The molecule has 20 heavy (non-hydrogen) atoms. The Balaban J connectivity index is 1.70. The van der Waals surface area contributed by atoms with E-state index in [0.717, 1.165) is 24.6 Å². The third-order valence-electron chi connectivity index (χ3n) is 4.17. The van der Waals surface area contributed by atoms with Crippen molar-refractivity contribution in [2.75, 3.05) is 45.2 Å². The van der Waals surface area contributed by atoms with Gasteiger partial charge < -0.3 is 4.90 Å². The van der Waals surface area contributed by atoms with Crippen LogP contribution in [0.4, 0.5) is 5.13 Å². The second-order valence-corrected chi connectivity index (χ2v) is 8.54. The molecule has 3 heterocycles. The van der Waals surface area contributed by atoms with Crippen LogP contribution in [0.25, 0.3) is 0 Å². The summed E-state index contributed by atoms with van der Waals surface area (Å²) < 4.78 is 27.3. The Hall–Kier alpha value is -0.770. The minimum atomic E-state index is -3.29. The summed E-state index contributed by atoms with van der Waals surface area (Å²) in [5, 5.41) is 8.93. The van der Waals surface area contributed by atoms with Gasteiger partial charge in [0.25, 0.3) is 10.2 Å². The standard InChI is InChI=1S/C11H19N5O2S2/c1-14(2)20(17,18)16-4-3-9-5-15(6-10(9)7-16)11-13-12-8-19-11/h8-10H,3-7H2,1-2H3/t9-,10-/m0/s1. The Morgan fingerprint density at radius 2 is 2.05 bits per heavy atom. The fourth-order valence-corrected chi connectivity index (χ4v) is 4.80. The molecule has 2 atom stereocenters. The number of hydrogen-bond donors (Lipinski definition) is 0. The van der Waals surface area contributed by atoms with E-state index in [9.17, 15) is 8.42 Å². The summed E-state index contributed by atoms with van der Waals surface area (Å²) in [5.74, 6) is 0.954. The molecular weight excluding hydrogens is 298 g/mol. The Morgan fingerprint density at radius 3 is 2.70 bits per heavy atom. The zero-order chi connectivity index (χ0) is 14.3. The predicted molar refractivity (Wildman–Crippen MR) is 77.9 cm³/mol. The van der Waals surface area contributed by atoms with Crippen LogP contribution in [0, 0.1) is 11.8 Å². The van der Waals surface area contributed by atoms with Gasteiger partial charge in [-0.2, -0.15) is 17.0 Å². The molecule has 2 fully saturated rings. The highest BCUT2D eigenvalue weighted by Gasteiger charge is 2.41. The molecule has 7 nitrogen and oxygen atoms in total. The SMILES string of the molecule is CN(C)S(=O)(=O)N1CC[C@H]2CN(c3nncs3)C[C@H]2C1. The van der Waals surface area contributed by atoms with Gasteiger partial charge >= 0.3 is 0 Å². The molecule has 1 aromatic rings. The van der Waals surface area contributed by atoms with E-state index in [-0.39, 0.29) is 0 Å². The van der Waals surface area contributed by atoms with E-state index in [1.54, 1.807) is 35.2 Å². The number of piperidine rings is 1. The summed E-state index contributed by atoms with van der Waals surface area (Å²) in [6.07, 6.45) is 0.924. The maximum Gasteiger partial charge on any atom is 0.281 e. The molecular formula is C11H19N5O2S2. The summed E-state index contributed by atoms with van der Waals surface area (Å²) in [6, 6.07) is 0. The lowest BCUT2D eigenvalue weighted by Crippen LogP contribution is -2.47. The second kappa shape index (κ2) is 5.21. The highest BCUT2D eigenvalue weighted by atomic mass is 32.2. The van der Waals surface area contributed by atoms with E-state index in [2.05, 4.69) is 15.1 Å². The first-order chi connectivity index (χ1) is 9.48. The van der Waals surface area contributed by atoms with Crippen LogP contribution in [-0.4, -0.2) is 67.5 Å². The van der Waals surface area contributed by atoms with Gasteiger partial charge in [-0.05, 0) is 18.3 Å². The molecule has 0 spiro atoms. The zero-order valence-electron chi connectivity index (χ0n) is 11.6. The monoisotopic (exact) mass is 317 g/mol. The minimum absolute atomic E-state index is 0.391. The van der Waals surface area contributed by atoms with E-state index < -0.39 is 10.2 Å². The highest BCUT2D eigenvalue weighted by Crippen LogP contribution is 2.35. The van der Waals surface area contributed by atoms with Gasteiger partial charge in [-0.15, -0.1) is 10.2 Å². The normalized spacial score (nSPS) is 28.1. The maximum atomic E-state index is 12.2. The van der Waals surface area contributed by atoms with Crippen molar-refractivity contribution in [3.8, 4) is 0 Å². The largest absolute Gasteiger partial charge is 0.346 e. The van der Waals surface area contributed by atoms with Crippen molar-refractivity contribution >= 4 is 26.7 Å². The molecule has 0 bridgehead atoms. The third kappa shape index (κ3) is 2.43. The Kier molecular flexibility index (Phi) is 3.69. The number of aromatic nitrogens is 2. The summed E-state index contributed by atoms with van der Waals surface area (Å²) in [5.41, 5.74) is 1.74. The first-order valence-electron chi connectivity index (χ1n) is 6.67. The van der Waals surface area contributed by atoms with Gasteiger partial charge in [0.05, 0.1) is 0 Å². The molecule has 2 saturated heterocycles. The third-order valence-corrected chi connectivity index (χ3v) is 6.83. The van der Waals surface area contributed by atoms with Crippen molar-refractivity contribution < 1.29 is 8.42 Å². The van der Waals surface area contributed by atoms with Crippen LogP contribution in [0.5, 0.6) is 0 Å². The maximum absolute atomic E-state index is 12.2. The molecule has 1 aromatic heterocycles. The van der Waals surface area contributed by atoms with E-state index >= 15 is 0 Å². The Morgan fingerprint density at radius 1 is 1.30 bits per heavy atom. The minimum Gasteiger partial charge on any atom is -0.346 e. The number of hydrogen-bond acceptors (Lipinski definition) is 6. The Labute approximate surface area is 123 Å². The number of anilines is 1. The number of fused-ring (bicyclic) bond motifs is 1. The lowest BCUT2D eigenvalue weighted by Gasteiger charge is -2.34. The second-order valence-electron chi connectivity index (χ2n) is 5.58. The van der Waals surface area contributed by atoms with Gasteiger partial charge in [0, 0.05) is 40.3 Å². The first kappa shape index (κ1) is 14.2. The van der Waals surface area contributed by atoms with Crippen molar-refractivity contribution in [1.29, 1.82) is 0 Å². The highest BCUT2D eigenvalue weighted by molar-refractivity contribution is 7.86. The van der Waals surface area contributed by atoms with Gasteiger partial charge in [-0.25, -0.2) is 0 Å². The fraction of sp³-hybridized carbons (Fsp3) is 0.818. The van der Waals surface area contributed by atoms with Crippen LogP contribution in [-0.2, 0) is 10.2 Å². The topological polar surface area (TPSA) is 69.6 Å². The smallest absolute Gasteiger partial charge is 0.281 e. The van der Waals surface area contributed by atoms with Crippen molar-refractivity contribution in [2.45, 2.75) is 6.42 Å². The number of nitrogens with zero attached hydrogens (tertiary/aromatic N) is 5. The summed E-state index contributed by atoms with van der Waals surface area (Å²) in [6.45, 7) is 3.07. The summed E-state index contributed by atoms with van der Waals surface area (Å²) >= 11 is 1.54. The molecule has 9 heteroatoms. The van der Waals surface area contributed by atoms with Gasteiger partial charge in [-0.1, -0.05) is 11.3 Å². The molecule has 0 aliphatic carbocycles. The predicted octanol–water partition coefficient (Wildman–Crippen LogP) is 0.103. The molecule has 0 amide bonds. The van der Waals surface area contributed by atoms with Crippen LogP contribution in [0.3, 0.4) is 0 Å². The van der Waals surface area contributed by atoms with Crippen LogP contribution < -0.4 is 4.90 Å². The average Bonchev–Trinajstić information content (AvgIpc) is 3.06. The van der Waals surface area contributed by atoms with E-state index in [1.165, 1.54) is 4.31 Å². The molecule has 0 radical (unpaired) electrons. The summed E-state index contributed by atoms with van der Waals surface area (Å²) in [4.78, 5) is 2.23. The summed E-state index contributed by atoms with van der Waals surface area (Å²) in [7, 11) is -0.113. The van der Waals surface area contributed by atoms with Crippen LogP contribution in [0.2, 0.25) is 0 Å². The quantitative estimate of drug-likeness (QED) is 0.791. The Bertz CT molecular complexity index is 559. The zero-order valence-corrected chi connectivity index (χ0v) is 13.3. The van der Waals surface area contributed by atoms with Crippen molar-refractivity contribution in [3.05, 3.63) is 5.51 Å². The molecule has 0 saturated carbocycles. The van der Waals surface area contributed by atoms with Gasteiger partial charge in [0.1, 0.15) is 5.51 Å². The van der Waals surface area contributed by atoms with Crippen LogP contribution >= 0.6 is 11.3 Å². The van der Waals surface area contributed by atoms with Gasteiger partial charge in [0.15, 0.2) is 0 Å². The van der Waals surface area contributed by atoms with E-state index in [1.807, 2.05) is 0 Å². The molecule has 3 rings (SSSR count). The van der Waals surface area contributed by atoms with E-state index in [0.29, 0.717) is 24.9 Å². The molecule has 2 aliphatic heterocycles. The average molecular weight is 317 g/mol.